The van der Waals surface area contributed by atoms with Gasteiger partial charge in [0.15, 0.2) is 0 Å². The molecule has 0 N–H and O–H groups in total. The molecular weight excluding hydrogens is 300 g/mol. The van der Waals surface area contributed by atoms with Gasteiger partial charge in [0.25, 0.3) is 0 Å². The van der Waals surface area contributed by atoms with E-state index < -0.39 is 11.9 Å². The lowest BCUT2D eigenvalue weighted by molar-refractivity contribution is -0.153. The Labute approximate surface area is 147 Å². The van der Waals surface area contributed by atoms with Gasteiger partial charge in [0.05, 0.1) is 11.8 Å². The van der Waals surface area contributed by atoms with Gasteiger partial charge in [-0.15, -0.1) is 0 Å². The summed E-state index contributed by atoms with van der Waals surface area (Å²) in [6.45, 7) is 20.6. The van der Waals surface area contributed by atoms with Crippen molar-refractivity contribution >= 4 is 11.9 Å². The summed E-state index contributed by atoms with van der Waals surface area (Å²) in [5.74, 6) is -1.41. The highest BCUT2D eigenvalue weighted by Crippen LogP contribution is 2.40. The van der Waals surface area contributed by atoms with Crippen molar-refractivity contribution in [1.82, 2.24) is 0 Å². The Balaban J connectivity index is 0.000000495. The van der Waals surface area contributed by atoms with Crippen molar-refractivity contribution < 1.29 is 14.3 Å². The molecule has 2 unspecified atom stereocenters. The van der Waals surface area contributed by atoms with Crippen LogP contribution in [-0.2, 0) is 14.3 Å². The number of cyclic esters (lactones) is 2. The van der Waals surface area contributed by atoms with Gasteiger partial charge in [-0.2, -0.15) is 0 Å². The van der Waals surface area contributed by atoms with Crippen LogP contribution in [0.4, 0.5) is 0 Å². The second-order valence-corrected chi connectivity index (χ2v) is 7.44. The number of carbonyl (C=O) groups is 2. The van der Waals surface area contributed by atoms with Crippen molar-refractivity contribution in [2.24, 2.45) is 17.3 Å². The zero-order valence-electron chi connectivity index (χ0n) is 16.3. The summed E-state index contributed by atoms with van der Waals surface area (Å²) in [7, 11) is 0. The zero-order valence-corrected chi connectivity index (χ0v) is 16.3. The molecule has 0 aromatic heterocycles. The number of esters is 2. The van der Waals surface area contributed by atoms with Crippen LogP contribution in [0.15, 0.2) is 36.5 Å². The smallest absolute Gasteiger partial charge is 0.317 e. The van der Waals surface area contributed by atoms with Gasteiger partial charge < -0.3 is 4.74 Å². The van der Waals surface area contributed by atoms with Gasteiger partial charge in [0.2, 0.25) is 0 Å². The highest BCUT2D eigenvalue weighted by molar-refractivity contribution is 5.97. The monoisotopic (exact) mass is 334 g/mol. The van der Waals surface area contributed by atoms with E-state index in [1.165, 1.54) is 12.8 Å². The number of rotatable bonds is 2. The summed E-state index contributed by atoms with van der Waals surface area (Å²) in [6.07, 6.45) is 7.06. The van der Waals surface area contributed by atoms with Gasteiger partial charge in [0, 0.05) is 0 Å². The molecule has 3 heteroatoms. The van der Waals surface area contributed by atoms with Gasteiger partial charge in [-0.3, -0.25) is 9.59 Å². The fourth-order valence-corrected chi connectivity index (χ4v) is 2.20. The van der Waals surface area contributed by atoms with Gasteiger partial charge in [-0.1, -0.05) is 79.7 Å². The molecule has 1 saturated heterocycles. The Bertz CT molecular complexity index is 456. The molecule has 2 atom stereocenters. The van der Waals surface area contributed by atoms with Crippen LogP contribution in [0.3, 0.4) is 0 Å². The van der Waals surface area contributed by atoms with E-state index >= 15 is 0 Å². The normalized spacial score (nSPS) is 22.4. The lowest BCUT2D eigenvalue weighted by Gasteiger charge is -2.22. The molecule has 0 spiro atoms. The fourth-order valence-electron chi connectivity index (χ4n) is 2.20. The SMILES string of the molecule is C=CC1=C(C=C)CC2C(=O)OC(=O)C2C1.CCC.CCC(C)(C)C. The van der Waals surface area contributed by atoms with E-state index in [0.29, 0.717) is 18.3 Å². The van der Waals surface area contributed by atoms with E-state index in [2.05, 4.69) is 59.4 Å². The molecule has 1 aliphatic heterocycles. The summed E-state index contributed by atoms with van der Waals surface area (Å²) in [6, 6.07) is 0. The van der Waals surface area contributed by atoms with Gasteiger partial charge in [-0.05, 0) is 29.4 Å². The lowest BCUT2D eigenvalue weighted by atomic mass is 9.77. The lowest BCUT2D eigenvalue weighted by Crippen LogP contribution is -2.23. The largest absolute Gasteiger partial charge is 0.393 e. The molecule has 1 aliphatic carbocycles. The second kappa shape index (κ2) is 10.3. The average molecular weight is 335 g/mol. The minimum Gasteiger partial charge on any atom is -0.393 e. The standard InChI is InChI=1S/C12H12O3.C6H14.C3H8/c1-3-7-5-9-10(6-8(7)4-2)12(14)15-11(9)13;1-5-6(2,3)4;1-3-2/h3-4,9-10H,1-2,5-6H2;5H2,1-4H3;3H2,1-2H3. The van der Waals surface area contributed by atoms with Crippen LogP contribution < -0.4 is 0 Å². The van der Waals surface area contributed by atoms with E-state index in [4.69, 9.17) is 0 Å². The first-order chi connectivity index (χ1) is 11.1. The first-order valence-electron chi connectivity index (χ1n) is 8.87. The van der Waals surface area contributed by atoms with Crippen LogP contribution in [0.25, 0.3) is 0 Å². The Hall–Kier alpha value is -1.64. The topological polar surface area (TPSA) is 43.4 Å². The quantitative estimate of drug-likeness (QED) is 0.486. The molecule has 2 rings (SSSR count). The number of allylic oxidation sites excluding steroid dienone is 4. The van der Waals surface area contributed by atoms with Crippen LogP contribution in [0.1, 0.15) is 67.2 Å². The second-order valence-electron chi connectivity index (χ2n) is 7.44. The molecule has 0 radical (unpaired) electrons. The maximum Gasteiger partial charge on any atom is 0.317 e. The third-order valence-corrected chi connectivity index (χ3v) is 4.14. The maximum absolute atomic E-state index is 11.3. The first kappa shape index (κ1) is 22.4. The van der Waals surface area contributed by atoms with Crippen LogP contribution in [0, 0.1) is 17.3 Å². The van der Waals surface area contributed by atoms with E-state index in [9.17, 15) is 9.59 Å². The molecule has 0 bridgehead atoms. The predicted molar refractivity (Wildman–Crippen MR) is 100 cm³/mol. The van der Waals surface area contributed by atoms with Crippen LogP contribution in [0.2, 0.25) is 0 Å². The molecule has 0 aromatic rings. The number of fused-ring (bicyclic) bond motifs is 1. The third-order valence-electron chi connectivity index (χ3n) is 4.14. The predicted octanol–water partition coefficient (Wildman–Crippen LogP) is 5.62. The molecule has 1 heterocycles. The highest BCUT2D eigenvalue weighted by atomic mass is 16.6. The van der Waals surface area contributed by atoms with Crippen molar-refractivity contribution in [2.45, 2.75) is 67.2 Å². The average Bonchev–Trinajstić information content (AvgIpc) is 2.80. The third kappa shape index (κ3) is 6.86. The Morgan fingerprint density at radius 2 is 1.25 bits per heavy atom. The molecule has 136 valence electrons. The Morgan fingerprint density at radius 1 is 0.958 bits per heavy atom. The summed E-state index contributed by atoms with van der Waals surface area (Å²) in [5.41, 5.74) is 2.54. The Kier molecular flexibility index (Phi) is 9.57. The molecule has 0 amide bonds. The first-order valence-corrected chi connectivity index (χ1v) is 8.87. The summed E-state index contributed by atoms with van der Waals surface area (Å²) in [5, 5.41) is 0. The summed E-state index contributed by atoms with van der Waals surface area (Å²) < 4.78 is 4.62. The van der Waals surface area contributed by atoms with Crippen molar-refractivity contribution in [3.8, 4) is 0 Å². The summed E-state index contributed by atoms with van der Waals surface area (Å²) >= 11 is 0. The maximum atomic E-state index is 11.3. The summed E-state index contributed by atoms with van der Waals surface area (Å²) in [4.78, 5) is 22.7. The minimum atomic E-state index is -0.396. The van der Waals surface area contributed by atoms with Crippen LogP contribution in [0.5, 0.6) is 0 Å². The van der Waals surface area contributed by atoms with Crippen molar-refractivity contribution in [2.75, 3.05) is 0 Å². The number of hydrogen-bond donors (Lipinski definition) is 0. The molecule has 3 nitrogen and oxygen atoms in total. The fraction of sp³-hybridized carbons (Fsp3) is 0.619. The Morgan fingerprint density at radius 3 is 1.46 bits per heavy atom. The zero-order chi connectivity index (χ0) is 18.9. The van der Waals surface area contributed by atoms with E-state index in [1.807, 2.05) is 0 Å². The van der Waals surface area contributed by atoms with Crippen molar-refractivity contribution in [3.05, 3.63) is 36.5 Å². The highest BCUT2D eigenvalue weighted by Gasteiger charge is 2.46. The molecule has 2 aliphatic rings. The molecule has 0 saturated carbocycles. The molecule has 0 aromatic carbocycles. The molecule has 1 fully saturated rings. The molecular formula is C21H34O3. The van der Waals surface area contributed by atoms with Gasteiger partial charge in [-0.25, -0.2) is 0 Å². The number of ether oxygens (including phenoxy) is 1. The molecule has 24 heavy (non-hydrogen) atoms. The van der Waals surface area contributed by atoms with Crippen LogP contribution in [-0.4, -0.2) is 11.9 Å². The number of hydrogen-bond acceptors (Lipinski definition) is 3. The van der Waals surface area contributed by atoms with E-state index in [1.54, 1.807) is 12.2 Å². The van der Waals surface area contributed by atoms with Gasteiger partial charge in [0.1, 0.15) is 0 Å². The number of carbonyl (C=O) groups excluding carboxylic acids is 2. The van der Waals surface area contributed by atoms with Gasteiger partial charge >= 0.3 is 11.9 Å². The minimum absolute atomic E-state index is 0.311. The van der Waals surface area contributed by atoms with Crippen LogP contribution >= 0.6 is 0 Å². The van der Waals surface area contributed by atoms with E-state index in [0.717, 1.165) is 11.1 Å². The van der Waals surface area contributed by atoms with Crippen molar-refractivity contribution in [3.63, 3.8) is 0 Å². The van der Waals surface area contributed by atoms with Crippen molar-refractivity contribution in [1.29, 1.82) is 0 Å². The van der Waals surface area contributed by atoms with E-state index in [-0.39, 0.29) is 11.8 Å².